The second kappa shape index (κ2) is 6.43. The Morgan fingerprint density at radius 3 is 2.68 bits per heavy atom. The van der Waals surface area contributed by atoms with Gasteiger partial charge in [0.05, 0.1) is 5.02 Å². The van der Waals surface area contributed by atoms with Gasteiger partial charge in [0.2, 0.25) is 0 Å². The number of hydrogen-bond donors (Lipinski definition) is 2. The summed E-state index contributed by atoms with van der Waals surface area (Å²) in [4.78, 5) is 23.1. The Morgan fingerprint density at radius 2 is 2.21 bits per heavy atom. The Kier molecular flexibility index (Phi) is 5.18. The molecule has 1 aromatic rings. The average molecular weight is 285 g/mol. The highest BCUT2D eigenvalue weighted by Crippen LogP contribution is 2.19. The van der Waals surface area contributed by atoms with Gasteiger partial charge in [-0.2, -0.15) is 0 Å². The van der Waals surface area contributed by atoms with Crippen molar-refractivity contribution < 1.29 is 14.7 Å². The quantitative estimate of drug-likeness (QED) is 0.788. The van der Waals surface area contributed by atoms with Gasteiger partial charge >= 0.3 is 5.97 Å². The summed E-state index contributed by atoms with van der Waals surface area (Å²) in [5.41, 5.74) is 0.343. The summed E-state index contributed by atoms with van der Waals surface area (Å²) in [5.74, 6) is -1.56. The van der Waals surface area contributed by atoms with Crippen molar-refractivity contribution >= 4 is 23.5 Å². The number of carbonyl (C=O) groups is 2. The highest BCUT2D eigenvalue weighted by molar-refractivity contribution is 6.31. The van der Waals surface area contributed by atoms with E-state index in [1.807, 2.05) is 13.8 Å². The third-order valence-corrected chi connectivity index (χ3v) is 2.82. The van der Waals surface area contributed by atoms with Gasteiger partial charge in [-0.15, -0.1) is 6.58 Å². The molecule has 0 saturated carbocycles. The number of amides is 1. The van der Waals surface area contributed by atoms with Crippen LogP contribution < -0.4 is 5.32 Å². The van der Waals surface area contributed by atoms with Gasteiger partial charge < -0.3 is 15.0 Å². The fourth-order valence-corrected chi connectivity index (χ4v) is 1.88. The summed E-state index contributed by atoms with van der Waals surface area (Å²) in [7, 11) is 0. The smallest absolute Gasteiger partial charge is 0.326 e. The van der Waals surface area contributed by atoms with Crippen LogP contribution in [0.15, 0.2) is 24.9 Å². The molecule has 0 radical (unpaired) electrons. The van der Waals surface area contributed by atoms with E-state index in [1.54, 1.807) is 10.8 Å². The first-order valence-electron chi connectivity index (χ1n) is 5.88. The van der Waals surface area contributed by atoms with Crippen molar-refractivity contribution in [2.75, 3.05) is 0 Å². The molecule has 6 heteroatoms. The number of rotatable bonds is 6. The number of nitrogens with one attached hydrogen (secondary N) is 1. The van der Waals surface area contributed by atoms with Crippen molar-refractivity contribution in [1.82, 2.24) is 9.88 Å². The lowest BCUT2D eigenvalue weighted by atomic mass is 10.2. The van der Waals surface area contributed by atoms with Crippen molar-refractivity contribution in [2.45, 2.75) is 32.4 Å². The van der Waals surface area contributed by atoms with E-state index in [4.69, 9.17) is 16.7 Å². The Balaban J connectivity index is 2.94. The van der Waals surface area contributed by atoms with Crippen LogP contribution in [0.3, 0.4) is 0 Å². The van der Waals surface area contributed by atoms with Gasteiger partial charge in [0, 0.05) is 12.2 Å². The molecule has 0 bridgehead atoms. The maximum atomic E-state index is 12.1. The van der Waals surface area contributed by atoms with Crippen LogP contribution in [0.1, 0.15) is 36.8 Å². The Bertz CT molecular complexity index is 494. The molecule has 1 heterocycles. The molecule has 104 valence electrons. The highest BCUT2D eigenvalue weighted by Gasteiger charge is 2.22. The lowest BCUT2D eigenvalue weighted by molar-refractivity contribution is -0.139. The zero-order chi connectivity index (χ0) is 14.6. The van der Waals surface area contributed by atoms with Crippen LogP contribution in [0.2, 0.25) is 5.02 Å². The number of nitrogens with zero attached hydrogens (tertiary/aromatic N) is 1. The summed E-state index contributed by atoms with van der Waals surface area (Å²) >= 11 is 5.88. The summed E-state index contributed by atoms with van der Waals surface area (Å²) in [6, 6.07) is 0.583. The number of carboxylic acid groups (broad SMARTS) is 1. The lowest BCUT2D eigenvalue weighted by Crippen LogP contribution is -2.41. The molecule has 0 aliphatic heterocycles. The number of carbonyl (C=O) groups excluding carboxylic acids is 1. The van der Waals surface area contributed by atoms with Gasteiger partial charge in [-0.3, -0.25) is 4.79 Å². The van der Waals surface area contributed by atoms with Crippen molar-refractivity contribution in [2.24, 2.45) is 0 Å². The number of halogens is 1. The summed E-state index contributed by atoms with van der Waals surface area (Å²) in [5, 5.41) is 11.9. The molecule has 0 fully saturated rings. The predicted octanol–water partition coefficient (Wildman–Crippen LogP) is 2.48. The van der Waals surface area contributed by atoms with Crippen molar-refractivity contribution in [3.8, 4) is 0 Å². The highest BCUT2D eigenvalue weighted by atomic mass is 35.5. The molecule has 0 aliphatic rings. The van der Waals surface area contributed by atoms with E-state index >= 15 is 0 Å². The maximum absolute atomic E-state index is 12.1. The second-order valence-corrected chi connectivity index (χ2v) is 4.87. The molecule has 1 atom stereocenters. The minimum Gasteiger partial charge on any atom is -0.480 e. The summed E-state index contributed by atoms with van der Waals surface area (Å²) < 4.78 is 1.70. The van der Waals surface area contributed by atoms with Gasteiger partial charge in [0.25, 0.3) is 5.91 Å². The average Bonchev–Trinajstić information content (AvgIpc) is 2.70. The molecule has 0 saturated heterocycles. The number of aromatic nitrogens is 1. The molecule has 0 aliphatic carbocycles. The van der Waals surface area contributed by atoms with Gasteiger partial charge in [0.15, 0.2) is 0 Å². The molecule has 1 unspecified atom stereocenters. The van der Waals surface area contributed by atoms with Crippen molar-refractivity contribution in [3.05, 3.63) is 35.6 Å². The Morgan fingerprint density at radius 1 is 1.58 bits per heavy atom. The molecule has 5 nitrogen and oxygen atoms in total. The molecular formula is C13H17ClN2O3. The molecule has 0 spiro atoms. The van der Waals surface area contributed by atoms with Crippen LogP contribution in [-0.2, 0) is 4.79 Å². The van der Waals surface area contributed by atoms with Gasteiger partial charge in [-0.05, 0) is 26.3 Å². The van der Waals surface area contributed by atoms with E-state index in [9.17, 15) is 9.59 Å². The van der Waals surface area contributed by atoms with E-state index < -0.39 is 17.9 Å². The SMILES string of the molecule is C=CCC(NC(=O)c1cc(Cl)cn1C(C)C)C(=O)O. The molecule has 2 N–H and O–H groups in total. The lowest BCUT2D eigenvalue weighted by Gasteiger charge is -2.15. The normalized spacial score (nSPS) is 12.2. The summed E-state index contributed by atoms with van der Waals surface area (Å²) in [6.45, 7) is 7.29. The zero-order valence-electron chi connectivity index (χ0n) is 10.9. The van der Waals surface area contributed by atoms with Crippen molar-refractivity contribution in [1.29, 1.82) is 0 Å². The standard InChI is InChI=1S/C13H17ClN2O3/c1-4-5-10(13(18)19)15-12(17)11-6-9(14)7-16(11)8(2)3/h4,6-8,10H,1,5H2,2-3H3,(H,15,17)(H,18,19). The van der Waals surface area contributed by atoms with E-state index in [0.717, 1.165) is 0 Å². The largest absolute Gasteiger partial charge is 0.480 e. The number of carboxylic acids is 1. The monoisotopic (exact) mass is 284 g/mol. The van der Waals surface area contributed by atoms with E-state index in [0.29, 0.717) is 10.7 Å². The molecular weight excluding hydrogens is 268 g/mol. The van der Waals surface area contributed by atoms with E-state index in [-0.39, 0.29) is 12.5 Å². The molecule has 1 amide bonds. The van der Waals surface area contributed by atoms with E-state index in [1.165, 1.54) is 12.1 Å². The zero-order valence-corrected chi connectivity index (χ0v) is 11.6. The molecule has 19 heavy (non-hydrogen) atoms. The van der Waals surface area contributed by atoms with Crippen LogP contribution in [0.4, 0.5) is 0 Å². The van der Waals surface area contributed by atoms with Gasteiger partial charge in [-0.25, -0.2) is 4.79 Å². The minimum absolute atomic E-state index is 0.0518. The third-order valence-electron chi connectivity index (χ3n) is 2.61. The van der Waals surface area contributed by atoms with Gasteiger partial charge in [0.1, 0.15) is 11.7 Å². The number of aliphatic carboxylic acids is 1. The van der Waals surface area contributed by atoms with Crippen LogP contribution >= 0.6 is 11.6 Å². The van der Waals surface area contributed by atoms with Crippen LogP contribution in [-0.4, -0.2) is 27.6 Å². The predicted molar refractivity (Wildman–Crippen MR) is 73.5 cm³/mol. The Labute approximate surface area is 116 Å². The first kappa shape index (κ1) is 15.3. The third kappa shape index (κ3) is 3.86. The second-order valence-electron chi connectivity index (χ2n) is 4.43. The molecule has 0 aromatic carbocycles. The van der Waals surface area contributed by atoms with Gasteiger partial charge in [-0.1, -0.05) is 17.7 Å². The first-order chi connectivity index (χ1) is 8.86. The Hall–Kier alpha value is -1.75. The fraction of sp³-hybridized carbons (Fsp3) is 0.385. The molecule has 1 aromatic heterocycles. The molecule has 1 rings (SSSR count). The minimum atomic E-state index is -1.10. The maximum Gasteiger partial charge on any atom is 0.326 e. The van der Waals surface area contributed by atoms with Crippen LogP contribution in [0.25, 0.3) is 0 Å². The number of hydrogen-bond acceptors (Lipinski definition) is 2. The van der Waals surface area contributed by atoms with Crippen LogP contribution in [0, 0.1) is 0 Å². The van der Waals surface area contributed by atoms with Crippen LogP contribution in [0.5, 0.6) is 0 Å². The topological polar surface area (TPSA) is 71.3 Å². The fourth-order valence-electron chi connectivity index (χ4n) is 1.68. The first-order valence-corrected chi connectivity index (χ1v) is 6.26. The van der Waals surface area contributed by atoms with E-state index in [2.05, 4.69) is 11.9 Å². The van der Waals surface area contributed by atoms with Crippen molar-refractivity contribution in [3.63, 3.8) is 0 Å². The summed E-state index contributed by atoms with van der Waals surface area (Å²) in [6.07, 6.45) is 3.26.